The van der Waals surface area contributed by atoms with E-state index in [0.29, 0.717) is 18.9 Å². The third-order valence-corrected chi connectivity index (χ3v) is 4.61. The molecule has 7 heteroatoms. The van der Waals surface area contributed by atoms with E-state index in [4.69, 9.17) is 5.73 Å². The van der Waals surface area contributed by atoms with Crippen molar-refractivity contribution in [3.63, 3.8) is 0 Å². The van der Waals surface area contributed by atoms with Gasteiger partial charge in [-0.15, -0.1) is 0 Å². The number of carbonyl (C=O) groups is 1. The number of anilines is 1. The third-order valence-electron chi connectivity index (χ3n) is 4.61. The molecule has 1 amide bonds. The Morgan fingerprint density at radius 1 is 1.38 bits per heavy atom. The van der Waals surface area contributed by atoms with Crippen LogP contribution < -0.4 is 11.1 Å². The SMILES string of the molecule is CC(N)C1CCN(C(=O)CCCNc2ccc([N+](=O)[O-])cc2)CC1. The van der Waals surface area contributed by atoms with Crippen molar-refractivity contribution in [2.24, 2.45) is 11.7 Å². The molecule has 132 valence electrons. The number of rotatable bonds is 7. The Morgan fingerprint density at radius 2 is 2.00 bits per heavy atom. The molecule has 1 fully saturated rings. The molecule has 1 aliphatic heterocycles. The predicted molar refractivity (Wildman–Crippen MR) is 93.8 cm³/mol. The van der Waals surface area contributed by atoms with Crippen LogP contribution in [0.5, 0.6) is 0 Å². The highest BCUT2D eigenvalue weighted by atomic mass is 16.6. The maximum absolute atomic E-state index is 12.2. The minimum absolute atomic E-state index is 0.0749. The maximum Gasteiger partial charge on any atom is 0.269 e. The normalized spacial score (nSPS) is 16.7. The second-order valence-corrected chi connectivity index (χ2v) is 6.41. The first-order chi connectivity index (χ1) is 11.5. The van der Waals surface area contributed by atoms with E-state index in [1.807, 2.05) is 11.8 Å². The largest absolute Gasteiger partial charge is 0.385 e. The molecule has 0 aliphatic carbocycles. The minimum Gasteiger partial charge on any atom is -0.385 e. The summed E-state index contributed by atoms with van der Waals surface area (Å²) in [5.74, 6) is 0.724. The fourth-order valence-corrected chi connectivity index (χ4v) is 3.01. The Hall–Kier alpha value is -2.15. The highest BCUT2D eigenvalue weighted by Gasteiger charge is 2.24. The lowest BCUT2D eigenvalue weighted by Gasteiger charge is -2.33. The van der Waals surface area contributed by atoms with Gasteiger partial charge in [-0.05, 0) is 44.2 Å². The summed E-state index contributed by atoms with van der Waals surface area (Å²) in [6.45, 7) is 4.31. The molecule has 1 saturated heterocycles. The molecule has 1 aliphatic rings. The quantitative estimate of drug-likeness (QED) is 0.453. The van der Waals surface area contributed by atoms with Crippen LogP contribution in [0.3, 0.4) is 0 Å². The van der Waals surface area contributed by atoms with Crippen LogP contribution in [0.1, 0.15) is 32.6 Å². The number of piperidine rings is 1. The van der Waals surface area contributed by atoms with E-state index in [1.54, 1.807) is 12.1 Å². The van der Waals surface area contributed by atoms with Crippen molar-refractivity contribution in [3.05, 3.63) is 34.4 Å². The number of nitro groups is 1. The van der Waals surface area contributed by atoms with Crippen LogP contribution in [0.4, 0.5) is 11.4 Å². The molecule has 1 heterocycles. The molecule has 1 unspecified atom stereocenters. The summed E-state index contributed by atoms with van der Waals surface area (Å²) in [4.78, 5) is 24.3. The molecule has 0 saturated carbocycles. The van der Waals surface area contributed by atoms with Crippen molar-refractivity contribution in [1.82, 2.24) is 4.90 Å². The van der Waals surface area contributed by atoms with Gasteiger partial charge in [-0.25, -0.2) is 0 Å². The number of amides is 1. The molecule has 2 rings (SSSR count). The van der Waals surface area contributed by atoms with Gasteiger partial charge in [0.15, 0.2) is 0 Å². The van der Waals surface area contributed by atoms with E-state index >= 15 is 0 Å². The summed E-state index contributed by atoms with van der Waals surface area (Å²) in [7, 11) is 0. The van der Waals surface area contributed by atoms with Gasteiger partial charge in [-0.3, -0.25) is 14.9 Å². The molecule has 0 radical (unpaired) electrons. The Balaban J connectivity index is 1.65. The number of nitrogens with zero attached hydrogens (tertiary/aromatic N) is 2. The Labute approximate surface area is 142 Å². The van der Waals surface area contributed by atoms with Gasteiger partial charge in [-0.2, -0.15) is 0 Å². The van der Waals surface area contributed by atoms with Gasteiger partial charge < -0.3 is 16.0 Å². The summed E-state index contributed by atoms with van der Waals surface area (Å²) >= 11 is 0. The molecule has 0 spiro atoms. The van der Waals surface area contributed by atoms with Crippen LogP contribution in [0.15, 0.2) is 24.3 Å². The summed E-state index contributed by atoms with van der Waals surface area (Å²) in [6.07, 6.45) is 3.24. The fraction of sp³-hybridized carbons (Fsp3) is 0.588. The van der Waals surface area contributed by atoms with Crippen LogP contribution in [0, 0.1) is 16.0 Å². The standard InChI is InChI=1S/C17H26N4O3/c1-13(18)14-8-11-20(12-9-14)17(22)3-2-10-19-15-4-6-16(7-5-15)21(23)24/h4-7,13-14,19H,2-3,8-12,18H2,1H3. The number of hydrogen-bond acceptors (Lipinski definition) is 5. The van der Waals surface area contributed by atoms with Gasteiger partial charge in [-0.1, -0.05) is 0 Å². The van der Waals surface area contributed by atoms with Crippen molar-refractivity contribution in [1.29, 1.82) is 0 Å². The van der Waals surface area contributed by atoms with Gasteiger partial charge in [0, 0.05) is 49.9 Å². The summed E-state index contributed by atoms with van der Waals surface area (Å²) in [5, 5.41) is 13.8. The first-order valence-electron chi connectivity index (χ1n) is 8.49. The maximum atomic E-state index is 12.2. The van der Waals surface area contributed by atoms with E-state index < -0.39 is 4.92 Å². The first-order valence-corrected chi connectivity index (χ1v) is 8.49. The molecule has 1 atom stereocenters. The zero-order valence-corrected chi connectivity index (χ0v) is 14.1. The zero-order valence-electron chi connectivity index (χ0n) is 14.1. The monoisotopic (exact) mass is 334 g/mol. The second-order valence-electron chi connectivity index (χ2n) is 6.41. The topological polar surface area (TPSA) is 102 Å². The van der Waals surface area contributed by atoms with Crippen molar-refractivity contribution in [2.75, 3.05) is 25.0 Å². The van der Waals surface area contributed by atoms with Crippen LogP contribution in [-0.2, 0) is 4.79 Å². The van der Waals surface area contributed by atoms with Gasteiger partial charge >= 0.3 is 0 Å². The first kappa shape index (κ1) is 18.2. The van der Waals surface area contributed by atoms with E-state index in [-0.39, 0.29) is 17.6 Å². The van der Waals surface area contributed by atoms with E-state index in [0.717, 1.165) is 38.0 Å². The zero-order chi connectivity index (χ0) is 17.5. The van der Waals surface area contributed by atoms with Crippen molar-refractivity contribution < 1.29 is 9.72 Å². The minimum atomic E-state index is -0.420. The van der Waals surface area contributed by atoms with E-state index in [1.165, 1.54) is 12.1 Å². The highest BCUT2D eigenvalue weighted by Crippen LogP contribution is 2.20. The van der Waals surface area contributed by atoms with Crippen molar-refractivity contribution in [2.45, 2.75) is 38.6 Å². The van der Waals surface area contributed by atoms with E-state index in [2.05, 4.69) is 5.32 Å². The summed E-state index contributed by atoms with van der Waals surface area (Å²) in [6, 6.07) is 6.50. The molecule has 0 aromatic heterocycles. The van der Waals surface area contributed by atoms with E-state index in [9.17, 15) is 14.9 Å². The van der Waals surface area contributed by atoms with Crippen molar-refractivity contribution in [3.8, 4) is 0 Å². The van der Waals surface area contributed by atoms with Crippen LogP contribution in [-0.4, -0.2) is 41.4 Å². The molecule has 3 N–H and O–H groups in total. The number of nitrogens with two attached hydrogens (primary N) is 1. The average molecular weight is 334 g/mol. The molecule has 24 heavy (non-hydrogen) atoms. The van der Waals surface area contributed by atoms with Crippen LogP contribution in [0.25, 0.3) is 0 Å². The lowest BCUT2D eigenvalue weighted by molar-refractivity contribution is -0.384. The Kier molecular flexibility index (Phi) is 6.54. The van der Waals surface area contributed by atoms with Gasteiger partial charge in [0.25, 0.3) is 5.69 Å². The molecular formula is C17H26N4O3. The number of carbonyl (C=O) groups excluding carboxylic acids is 1. The summed E-state index contributed by atoms with van der Waals surface area (Å²) < 4.78 is 0. The molecule has 1 aromatic carbocycles. The van der Waals surface area contributed by atoms with Crippen LogP contribution >= 0.6 is 0 Å². The lowest BCUT2D eigenvalue weighted by atomic mass is 9.91. The lowest BCUT2D eigenvalue weighted by Crippen LogP contribution is -2.42. The Bertz CT molecular complexity index is 551. The number of hydrogen-bond donors (Lipinski definition) is 2. The third kappa shape index (κ3) is 5.19. The predicted octanol–water partition coefficient (Wildman–Crippen LogP) is 2.37. The molecule has 1 aromatic rings. The van der Waals surface area contributed by atoms with Gasteiger partial charge in [0.05, 0.1) is 4.92 Å². The van der Waals surface area contributed by atoms with Gasteiger partial charge in [0.2, 0.25) is 5.91 Å². The van der Waals surface area contributed by atoms with Crippen molar-refractivity contribution >= 4 is 17.3 Å². The molecular weight excluding hydrogens is 308 g/mol. The number of likely N-dealkylation sites (tertiary alicyclic amines) is 1. The number of nitro benzene ring substituents is 1. The fourth-order valence-electron chi connectivity index (χ4n) is 3.01. The molecule has 7 nitrogen and oxygen atoms in total. The Morgan fingerprint density at radius 3 is 2.54 bits per heavy atom. The highest BCUT2D eigenvalue weighted by molar-refractivity contribution is 5.76. The second kappa shape index (κ2) is 8.63. The van der Waals surface area contributed by atoms with Crippen LogP contribution in [0.2, 0.25) is 0 Å². The number of nitrogens with one attached hydrogen (secondary N) is 1. The number of benzene rings is 1. The summed E-state index contributed by atoms with van der Waals surface area (Å²) in [5.41, 5.74) is 6.82. The molecule has 0 bridgehead atoms. The average Bonchev–Trinajstić information content (AvgIpc) is 2.59. The number of non-ortho nitro benzene ring substituents is 1. The van der Waals surface area contributed by atoms with Gasteiger partial charge in [0.1, 0.15) is 0 Å². The smallest absolute Gasteiger partial charge is 0.269 e.